The Hall–Kier alpha value is -10.6. The molecular formula is C112H164N16O14. The minimum absolute atomic E-state index is 0.0291. The molecule has 142 heavy (non-hydrogen) atoms. The van der Waals surface area contributed by atoms with Crippen LogP contribution in [0.1, 0.15) is 304 Å². The number of para-hydroxylation sites is 2. The van der Waals surface area contributed by atoms with Gasteiger partial charge in [-0.15, -0.1) is 0 Å². The van der Waals surface area contributed by atoms with Crippen molar-refractivity contribution in [3.63, 3.8) is 0 Å². The summed E-state index contributed by atoms with van der Waals surface area (Å²) in [6.45, 7) is 24.2. The molecule has 0 spiro atoms. The van der Waals surface area contributed by atoms with Crippen LogP contribution in [0.4, 0.5) is 9.59 Å². The fraction of sp³-hybridized carbons (Fsp3) is 0.643. The second-order valence-electron chi connectivity index (χ2n) is 41.2. The van der Waals surface area contributed by atoms with Crippen LogP contribution < -0.4 is 21.8 Å². The highest BCUT2D eigenvalue weighted by atomic mass is 16.6. The van der Waals surface area contributed by atoms with Crippen molar-refractivity contribution in [2.24, 2.45) is 0 Å². The van der Waals surface area contributed by atoms with Gasteiger partial charge in [-0.3, -0.25) is 57.3 Å². The molecule has 2 N–H and O–H groups in total. The largest absolute Gasteiger partial charge is 0.444 e. The van der Waals surface area contributed by atoms with Crippen molar-refractivity contribution < 1.29 is 57.3 Å². The number of nitrogens with one attached hydrogen (secondary N) is 2. The van der Waals surface area contributed by atoms with E-state index < -0.39 is 12.1 Å². The summed E-state index contributed by atoms with van der Waals surface area (Å²) in [5, 5.41) is 19.2. The Kier molecular flexibility index (Phi) is 42.9. The number of esters is 4. The number of hydrogen-bond acceptors (Lipinski definition) is 20. The zero-order valence-corrected chi connectivity index (χ0v) is 86.7. The van der Waals surface area contributed by atoms with E-state index in [2.05, 4.69) is 77.1 Å². The van der Waals surface area contributed by atoms with E-state index in [1.54, 1.807) is 34.5 Å². The van der Waals surface area contributed by atoms with Gasteiger partial charge >= 0.3 is 35.9 Å². The number of piperazine rings is 2. The van der Waals surface area contributed by atoms with Crippen LogP contribution in [0.3, 0.4) is 0 Å². The normalized spacial score (nSPS) is 17.0. The highest BCUT2D eigenvalue weighted by Gasteiger charge is 2.38. The van der Waals surface area contributed by atoms with Crippen LogP contribution in [0.5, 0.6) is 0 Å². The number of ether oxygens (including phenoxy) is 4. The number of rotatable bonds is 48. The first kappa shape index (κ1) is 109. The minimum atomic E-state index is -0.804. The summed E-state index contributed by atoms with van der Waals surface area (Å²) in [5.74, 6) is -1.43. The number of likely N-dealkylation sites (tertiary alicyclic amines) is 4. The van der Waals surface area contributed by atoms with Crippen molar-refractivity contribution >= 4 is 91.4 Å². The average molecular weight is 1960 g/mol. The Morgan fingerprint density at radius 3 is 1.14 bits per heavy atom. The molecular weight excluding hydrogens is 1790 g/mol. The number of aryl methyl sites for hydroxylation is 2. The van der Waals surface area contributed by atoms with Crippen LogP contribution in [0.25, 0.3) is 43.6 Å². The van der Waals surface area contributed by atoms with E-state index in [0.717, 1.165) is 210 Å². The van der Waals surface area contributed by atoms with Crippen molar-refractivity contribution in [2.45, 2.75) is 348 Å². The summed E-state index contributed by atoms with van der Waals surface area (Å²) in [4.78, 5) is 154. The van der Waals surface area contributed by atoms with Gasteiger partial charge in [0.25, 0.3) is 11.1 Å². The van der Waals surface area contributed by atoms with Gasteiger partial charge in [-0.25, -0.2) is 19.0 Å². The van der Waals surface area contributed by atoms with E-state index in [1.807, 2.05) is 115 Å². The van der Waals surface area contributed by atoms with Gasteiger partial charge in [0.1, 0.15) is 12.1 Å². The number of urea groups is 2. The Labute approximate surface area is 841 Å². The maximum absolute atomic E-state index is 14.6. The third-order valence-corrected chi connectivity index (χ3v) is 30.5. The quantitative estimate of drug-likeness (QED) is 0.0203. The second-order valence-corrected chi connectivity index (χ2v) is 41.2. The number of amides is 6. The first-order valence-electron chi connectivity index (χ1n) is 54.4. The van der Waals surface area contributed by atoms with Gasteiger partial charge < -0.3 is 59.0 Å². The molecule has 0 saturated carbocycles. The maximum Gasteiger partial charge on any atom is 0.318 e. The van der Waals surface area contributed by atoms with E-state index >= 15 is 0 Å². The van der Waals surface area contributed by atoms with Crippen molar-refractivity contribution in [2.75, 3.05) is 119 Å². The van der Waals surface area contributed by atoms with Crippen LogP contribution in [0, 0.1) is 13.8 Å². The molecule has 6 aliphatic heterocycles. The SMILES string of the molecule is CCCCCCCCC(=O)OCn1cc2cc(C[C@@H](NC(=O)N3CCC(c4cc5ccccc5n(COC(=O)CCCCCCCC)c4=O)CC3)C(=O)N3CCN(C4CCN(C)CC4)CC3)cc(C)c2n1.CCCCCCCCC(=O)OCn1ncc2cc(C[C@@H](NC(=O)N3CCC(c4cc5ccccc5n(COC(=O)CCCCCCCC)c4=O)CC3)C(=O)N3CCN(C4CCN(C)CC4)CC3)cc(C)c21. The van der Waals surface area contributed by atoms with E-state index in [1.165, 1.54) is 77.0 Å². The molecule has 8 aromatic rings. The number of aromatic nitrogens is 6. The van der Waals surface area contributed by atoms with Crippen molar-refractivity contribution in [3.05, 3.63) is 151 Å². The highest BCUT2D eigenvalue weighted by Crippen LogP contribution is 2.34. The summed E-state index contributed by atoms with van der Waals surface area (Å²) in [6.07, 6.45) is 38.6. The third kappa shape index (κ3) is 31.5. The Bertz CT molecular complexity index is 5290. The fourth-order valence-corrected chi connectivity index (χ4v) is 21.8. The van der Waals surface area contributed by atoms with Crippen LogP contribution in [-0.2, 0) is 87.5 Å². The number of hydrogen-bond donors (Lipinski definition) is 2. The average Bonchev–Trinajstić information content (AvgIpc) is 1.07. The topological polar surface area (TPSA) is 303 Å². The first-order chi connectivity index (χ1) is 69.0. The van der Waals surface area contributed by atoms with Gasteiger partial charge in [-0.1, -0.05) is 205 Å². The van der Waals surface area contributed by atoms with Crippen LogP contribution >= 0.6 is 0 Å². The number of unbranched alkanes of at least 4 members (excludes halogenated alkanes) is 20. The molecule has 776 valence electrons. The molecule has 6 fully saturated rings. The number of carbonyl (C=O) groups is 8. The van der Waals surface area contributed by atoms with Gasteiger partial charge in [0.15, 0.2) is 26.9 Å². The Morgan fingerprint density at radius 1 is 0.380 bits per heavy atom. The van der Waals surface area contributed by atoms with E-state index in [-0.39, 0.29) is 97.6 Å². The highest BCUT2D eigenvalue weighted by molar-refractivity contribution is 5.90. The van der Waals surface area contributed by atoms with Gasteiger partial charge in [0, 0.05) is 157 Å². The molecule has 2 atom stereocenters. The standard InChI is InChI=1S/2C56H82N8O7/c1-5-7-9-11-13-15-21-51(65)70-40-63-39-46-36-43(35-42(3)53(46)58-63)37-49(55(68)61-33-31-60(32-34-61)47-25-27-59(4)28-26-47)57-56(69)62-29-23-44(24-30-62)48-38-45-19-17-18-20-50(45)64(54(48)67)41-71-52(66)22-16-14-12-10-8-6-2;1-5-7-9-11-13-15-21-51(65)70-40-63-50-20-18-17-19-45(50)38-48(54(63)67)44-23-29-62(30-24-44)56(69)58-49(55(68)61-33-31-60(32-34-61)47-25-27-59(4)28-26-47)37-43-35-42(3)53-46(36-43)39-57-64(53)41-71-52(66)22-16-14-12-10-8-6-2/h17-20,35-36,38-39,44,47,49H,5-16,21-34,37,40-41H2,1-4H3,(H,57,69);17-20,35-36,38-39,44,47,49H,5-16,21-34,37,40-41H2,1-4H3,(H,58,69)/t2*49-/m11/s1. The lowest BCUT2D eigenvalue weighted by Gasteiger charge is -2.43. The van der Waals surface area contributed by atoms with Gasteiger partial charge in [-0.2, -0.15) is 10.2 Å². The van der Waals surface area contributed by atoms with Gasteiger partial charge in [-0.05, 0) is 212 Å². The molecule has 10 heterocycles. The summed E-state index contributed by atoms with van der Waals surface area (Å²) in [6, 6.07) is 26.2. The molecule has 6 amide bonds. The summed E-state index contributed by atoms with van der Waals surface area (Å²) in [5.41, 5.74) is 7.71. The number of fused-ring (bicyclic) bond motifs is 4. The number of benzene rings is 4. The lowest BCUT2D eigenvalue weighted by Crippen LogP contribution is -2.59. The summed E-state index contributed by atoms with van der Waals surface area (Å²) in [7, 11) is 4.35. The lowest BCUT2D eigenvalue weighted by atomic mass is 9.89. The molecule has 6 aliphatic rings. The number of pyridine rings is 2. The van der Waals surface area contributed by atoms with E-state index in [9.17, 15) is 47.9 Å². The van der Waals surface area contributed by atoms with Crippen LogP contribution in [0.2, 0.25) is 0 Å². The molecule has 4 aromatic carbocycles. The van der Waals surface area contributed by atoms with Crippen LogP contribution in [-0.4, -0.2) is 259 Å². The molecule has 0 bridgehead atoms. The van der Waals surface area contributed by atoms with Crippen molar-refractivity contribution in [1.29, 1.82) is 0 Å². The minimum Gasteiger partial charge on any atom is -0.444 e. The van der Waals surface area contributed by atoms with Gasteiger partial charge in [0.05, 0.1) is 28.3 Å². The zero-order chi connectivity index (χ0) is 100. The van der Waals surface area contributed by atoms with E-state index in [0.29, 0.717) is 151 Å². The Morgan fingerprint density at radius 2 is 0.739 bits per heavy atom. The maximum atomic E-state index is 14.6. The Balaban J connectivity index is 0.000000239. The molecule has 14 rings (SSSR count). The summed E-state index contributed by atoms with van der Waals surface area (Å²) >= 11 is 0. The molecule has 0 radical (unpaired) electrons. The molecule has 30 nitrogen and oxygen atoms in total. The molecule has 0 aliphatic carbocycles. The predicted molar refractivity (Wildman–Crippen MR) is 558 cm³/mol. The number of carbonyl (C=O) groups excluding carboxylic acids is 8. The van der Waals surface area contributed by atoms with Crippen molar-refractivity contribution in [1.82, 2.24) is 78.5 Å². The fourth-order valence-electron chi connectivity index (χ4n) is 21.8. The van der Waals surface area contributed by atoms with Crippen LogP contribution in [0.15, 0.2) is 107 Å². The van der Waals surface area contributed by atoms with E-state index in [4.69, 9.17) is 24.0 Å². The first-order valence-corrected chi connectivity index (χ1v) is 54.4. The van der Waals surface area contributed by atoms with Crippen molar-refractivity contribution in [3.8, 4) is 0 Å². The predicted octanol–water partition coefficient (Wildman–Crippen LogP) is 17.8. The second kappa shape index (κ2) is 56.1. The number of nitrogens with zero attached hydrogens (tertiary/aromatic N) is 14. The molecule has 30 heteroatoms. The zero-order valence-electron chi connectivity index (χ0n) is 86.7. The smallest absolute Gasteiger partial charge is 0.318 e. The summed E-state index contributed by atoms with van der Waals surface area (Å²) < 4.78 is 29.1. The molecule has 6 saturated heterocycles. The molecule has 4 aromatic heterocycles. The van der Waals surface area contributed by atoms with Gasteiger partial charge in [0.2, 0.25) is 11.8 Å². The number of piperidine rings is 4. The lowest BCUT2D eigenvalue weighted by molar-refractivity contribution is -0.148. The third-order valence-electron chi connectivity index (χ3n) is 30.5. The monoisotopic (exact) mass is 1960 g/mol. The molecule has 0 unspecified atom stereocenters.